The molecule has 6 nitrogen and oxygen atoms in total. The molecule has 0 bridgehead atoms. The number of rotatable bonds is 10. The quantitative estimate of drug-likeness (QED) is 0.392. The van der Waals surface area contributed by atoms with Crippen LogP contribution in [0.2, 0.25) is 0 Å². The number of carbonyl (C=O) groups excluding carboxylic acids is 1. The van der Waals surface area contributed by atoms with E-state index in [1.165, 1.54) is 18.2 Å². The van der Waals surface area contributed by atoms with Crippen molar-refractivity contribution in [1.82, 2.24) is 10.6 Å². The van der Waals surface area contributed by atoms with E-state index < -0.39 is 17.5 Å². The van der Waals surface area contributed by atoms with Gasteiger partial charge in [0.2, 0.25) is 0 Å². The first kappa shape index (κ1) is 27.0. The van der Waals surface area contributed by atoms with Crippen LogP contribution in [0.5, 0.6) is 0 Å². The van der Waals surface area contributed by atoms with E-state index in [2.05, 4.69) is 20.6 Å². The van der Waals surface area contributed by atoms with Crippen LogP contribution in [0.1, 0.15) is 49.5 Å². The zero-order chi connectivity index (χ0) is 25.1. The summed E-state index contributed by atoms with van der Waals surface area (Å²) >= 11 is 0. The second kappa shape index (κ2) is 13.5. The number of carbonyl (C=O) groups is 1. The molecule has 0 fully saturated rings. The van der Waals surface area contributed by atoms with Crippen LogP contribution < -0.4 is 10.6 Å². The van der Waals surface area contributed by atoms with Gasteiger partial charge >= 0.3 is 0 Å². The summed E-state index contributed by atoms with van der Waals surface area (Å²) in [6.07, 6.45) is 1.08. The second-order valence-corrected chi connectivity index (χ2v) is 7.71. The highest BCUT2D eigenvalue weighted by atomic mass is 19.2. The van der Waals surface area contributed by atoms with Crippen molar-refractivity contribution in [2.45, 2.75) is 45.7 Å². The van der Waals surface area contributed by atoms with E-state index in [1.807, 2.05) is 20.8 Å². The maximum atomic E-state index is 13.6. The van der Waals surface area contributed by atoms with Gasteiger partial charge < -0.3 is 10.1 Å². The molecule has 0 aromatic heterocycles. The average molecular weight is 477 g/mol. The molecule has 2 unspecified atom stereocenters. The van der Waals surface area contributed by atoms with Crippen molar-refractivity contribution in [3.8, 4) is 0 Å². The maximum absolute atomic E-state index is 13.6. The van der Waals surface area contributed by atoms with Crippen LogP contribution in [0.3, 0.4) is 0 Å². The van der Waals surface area contributed by atoms with Gasteiger partial charge in [-0.3, -0.25) is 15.1 Å². The molecule has 1 amide bonds. The molecule has 2 rings (SSSR count). The molecular formula is C25H31F3N4O2. The highest BCUT2D eigenvalue weighted by Crippen LogP contribution is 2.13. The van der Waals surface area contributed by atoms with Crippen molar-refractivity contribution < 1.29 is 22.7 Å². The lowest BCUT2D eigenvalue weighted by atomic mass is 10.0. The molecular weight excluding hydrogens is 445 g/mol. The Labute approximate surface area is 198 Å². The van der Waals surface area contributed by atoms with Gasteiger partial charge in [-0.2, -0.15) is 0 Å². The molecule has 9 heteroatoms. The zero-order valence-corrected chi connectivity index (χ0v) is 19.9. The first-order chi connectivity index (χ1) is 16.3. The fourth-order valence-corrected chi connectivity index (χ4v) is 3.16. The normalized spacial score (nSPS) is 14.0. The molecule has 2 aromatic rings. The number of halogens is 3. The first-order valence-corrected chi connectivity index (χ1v) is 11.2. The van der Waals surface area contributed by atoms with E-state index in [0.717, 1.165) is 23.4 Å². The van der Waals surface area contributed by atoms with E-state index in [0.29, 0.717) is 26.1 Å². The lowest BCUT2D eigenvalue weighted by Gasteiger charge is -2.20. The minimum absolute atomic E-state index is 0.0407. The van der Waals surface area contributed by atoms with Gasteiger partial charge in [0, 0.05) is 37.4 Å². The van der Waals surface area contributed by atoms with Crippen LogP contribution in [0.4, 0.5) is 13.2 Å². The molecule has 0 saturated heterocycles. The van der Waals surface area contributed by atoms with Gasteiger partial charge in [-0.1, -0.05) is 19.1 Å². The van der Waals surface area contributed by atoms with Crippen molar-refractivity contribution >= 4 is 17.6 Å². The van der Waals surface area contributed by atoms with Crippen LogP contribution in [-0.4, -0.2) is 49.9 Å². The van der Waals surface area contributed by atoms with Crippen LogP contribution in [0, 0.1) is 17.5 Å². The predicted octanol–water partition coefficient (Wildman–Crippen LogP) is 4.49. The smallest absolute Gasteiger partial charge is 0.258 e. The minimum atomic E-state index is -1.11. The van der Waals surface area contributed by atoms with Crippen molar-refractivity contribution in [3.05, 3.63) is 71.0 Å². The van der Waals surface area contributed by atoms with E-state index in [9.17, 15) is 18.0 Å². The maximum Gasteiger partial charge on any atom is 0.258 e. The Morgan fingerprint density at radius 2 is 1.71 bits per heavy atom. The number of nitrogens with one attached hydrogen (secondary N) is 2. The highest BCUT2D eigenvalue weighted by molar-refractivity contribution is 6.06. The Hall–Kier alpha value is -3.20. The van der Waals surface area contributed by atoms with Crippen molar-refractivity contribution in [3.63, 3.8) is 0 Å². The molecule has 0 radical (unpaired) electrons. The van der Waals surface area contributed by atoms with Gasteiger partial charge in [0.1, 0.15) is 5.82 Å². The summed E-state index contributed by atoms with van der Waals surface area (Å²) in [6.45, 7) is 6.61. The Bertz CT molecular complexity index is 1010. The standard InChI is InChI=1S/C25H31F3N4O2/c1-5-20(14-23(29-4)17-7-10-19(26)11-8-17)31-25(30-16(3)15-34-6-2)32-24(33)18-9-12-21(27)22(28)13-18/h7-13,16,20H,5-6,14-15H2,1-4H3,(H2,30,31,32,33). The van der Waals surface area contributed by atoms with Gasteiger partial charge in [-0.15, -0.1) is 0 Å². The number of hydrogen-bond acceptors (Lipinski definition) is 4. The number of guanidine groups is 1. The Morgan fingerprint density at radius 1 is 1.03 bits per heavy atom. The van der Waals surface area contributed by atoms with Crippen LogP contribution in [0.15, 0.2) is 52.4 Å². The number of amides is 1. The molecule has 0 saturated carbocycles. The third-order valence-corrected chi connectivity index (χ3v) is 5.03. The summed E-state index contributed by atoms with van der Waals surface area (Å²) in [5.74, 6) is -2.93. The van der Waals surface area contributed by atoms with Gasteiger partial charge in [-0.05, 0) is 56.2 Å². The molecule has 2 aromatic carbocycles. The van der Waals surface area contributed by atoms with E-state index in [-0.39, 0.29) is 29.4 Å². The number of benzene rings is 2. The van der Waals surface area contributed by atoms with E-state index in [1.54, 1.807) is 19.2 Å². The number of ether oxygens (including phenoxy) is 1. The highest BCUT2D eigenvalue weighted by Gasteiger charge is 2.17. The van der Waals surface area contributed by atoms with Crippen LogP contribution in [0.25, 0.3) is 0 Å². The Balaban J connectivity index is 2.26. The molecule has 2 atom stereocenters. The lowest BCUT2D eigenvalue weighted by molar-refractivity contribution is 0.0973. The first-order valence-electron chi connectivity index (χ1n) is 11.2. The summed E-state index contributed by atoms with van der Waals surface area (Å²) in [6, 6.07) is 8.53. The molecule has 0 heterocycles. The second-order valence-electron chi connectivity index (χ2n) is 7.71. The zero-order valence-electron chi connectivity index (χ0n) is 19.9. The summed E-state index contributed by atoms with van der Waals surface area (Å²) in [7, 11) is 1.66. The third kappa shape index (κ3) is 8.30. The minimum Gasteiger partial charge on any atom is -0.380 e. The van der Waals surface area contributed by atoms with E-state index >= 15 is 0 Å². The topological polar surface area (TPSA) is 75.1 Å². The fraction of sp³-hybridized carbons (Fsp3) is 0.400. The van der Waals surface area contributed by atoms with Gasteiger partial charge in [0.25, 0.3) is 5.91 Å². The van der Waals surface area contributed by atoms with Gasteiger partial charge in [0.15, 0.2) is 17.6 Å². The molecule has 184 valence electrons. The molecule has 2 N–H and O–H groups in total. The van der Waals surface area contributed by atoms with Crippen LogP contribution in [-0.2, 0) is 4.74 Å². The monoisotopic (exact) mass is 476 g/mol. The van der Waals surface area contributed by atoms with Crippen molar-refractivity contribution in [2.24, 2.45) is 9.98 Å². The Morgan fingerprint density at radius 3 is 2.29 bits per heavy atom. The van der Waals surface area contributed by atoms with Gasteiger partial charge in [-0.25, -0.2) is 18.2 Å². The summed E-state index contributed by atoms with van der Waals surface area (Å²) in [5.41, 5.74) is 1.48. The molecule has 0 aliphatic heterocycles. The van der Waals surface area contributed by atoms with Crippen molar-refractivity contribution in [2.75, 3.05) is 20.3 Å². The third-order valence-electron chi connectivity index (χ3n) is 5.03. The predicted molar refractivity (Wildman–Crippen MR) is 128 cm³/mol. The lowest BCUT2D eigenvalue weighted by Crippen LogP contribution is -2.47. The molecule has 0 aliphatic rings. The molecule has 0 aliphatic carbocycles. The molecule has 0 spiro atoms. The summed E-state index contributed by atoms with van der Waals surface area (Å²) in [5, 5.41) is 5.77. The number of aliphatic imine (C=N–C) groups is 2. The van der Waals surface area contributed by atoms with Crippen LogP contribution >= 0.6 is 0 Å². The SMILES string of the molecule is CCOCC(C)NC(=NC(CC)CC(=NC)c1ccc(F)cc1)NC(=O)c1ccc(F)c(F)c1. The Kier molecular flexibility index (Phi) is 10.7. The number of nitrogens with zero attached hydrogens (tertiary/aromatic N) is 2. The number of hydrogen-bond donors (Lipinski definition) is 2. The largest absolute Gasteiger partial charge is 0.380 e. The average Bonchev–Trinajstić information content (AvgIpc) is 2.82. The fourth-order valence-electron chi connectivity index (χ4n) is 3.16. The van der Waals surface area contributed by atoms with Gasteiger partial charge in [0.05, 0.1) is 12.6 Å². The van der Waals surface area contributed by atoms with Crippen molar-refractivity contribution in [1.29, 1.82) is 0 Å². The molecule has 34 heavy (non-hydrogen) atoms. The van der Waals surface area contributed by atoms with E-state index in [4.69, 9.17) is 4.74 Å². The summed E-state index contributed by atoms with van der Waals surface area (Å²) < 4.78 is 45.6. The summed E-state index contributed by atoms with van der Waals surface area (Å²) in [4.78, 5) is 21.7.